The highest BCUT2D eigenvalue weighted by atomic mass is 16.5. The minimum absolute atomic E-state index is 0.276. The van der Waals surface area contributed by atoms with Crippen molar-refractivity contribution in [2.75, 3.05) is 19.5 Å². The van der Waals surface area contributed by atoms with Crippen LogP contribution < -0.4 is 10.1 Å². The van der Waals surface area contributed by atoms with E-state index in [4.69, 9.17) is 14.5 Å². The van der Waals surface area contributed by atoms with Crippen LogP contribution in [-0.4, -0.2) is 59.1 Å². The molecule has 12 nitrogen and oxygen atoms in total. The highest BCUT2D eigenvalue weighted by Crippen LogP contribution is 2.33. The van der Waals surface area contributed by atoms with E-state index in [0.29, 0.717) is 45.8 Å². The Labute approximate surface area is 221 Å². The zero-order valence-corrected chi connectivity index (χ0v) is 22.9. The molecule has 0 saturated heterocycles. The fraction of sp³-hybridized carbons (Fsp3) is 0.308. The number of aromatic nitrogens is 8. The van der Waals surface area contributed by atoms with Crippen LogP contribution in [0.4, 0.5) is 11.6 Å². The summed E-state index contributed by atoms with van der Waals surface area (Å²) in [6.45, 7) is 8.00. The van der Waals surface area contributed by atoms with Crippen LogP contribution in [-0.2, 0) is 18.8 Å². The fourth-order valence-corrected chi connectivity index (χ4v) is 3.63. The number of esters is 1. The van der Waals surface area contributed by atoms with E-state index in [0.717, 1.165) is 0 Å². The summed E-state index contributed by atoms with van der Waals surface area (Å²) in [5, 5.41) is 12.3. The van der Waals surface area contributed by atoms with Gasteiger partial charge in [0.05, 0.1) is 19.9 Å². The molecular formula is C26H33N9O3. The van der Waals surface area contributed by atoms with E-state index >= 15 is 0 Å². The Morgan fingerprint density at radius 3 is 2.34 bits per heavy atom. The minimum Gasteiger partial charge on any atom is -0.497 e. The summed E-state index contributed by atoms with van der Waals surface area (Å²) in [5.74, 6) is 1.79. The maximum Gasteiger partial charge on any atom is 0.340 e. The van der Waals surface area contributed by atoms with Gasteiger partial charge in [0.1, 0.15) is 22.6 Å². The van der Waals surface area contributed by atoms with Crippen LogP contribution in [0.2, 0.25) is 0 Å². The second-order valence-electron chi connectivity index (χ2n) is 7.43. The molecule has 0 saturated carbocycles. The summed E-state index contributed by atoms with van der Waals surface area (Å²) >= 11 is 0. The van der Waals surface area contributed by atoms with Crippen molar-refractivity contribution in [3.8, 4) is 28.7 Å². The third kappa shape index (κ3) is 5.48. The number of fused-ring (bicyclic) bond motifs is 1. The van der Waals surface area contributed by atoms with Crippen molar-refractivity contribution in [1.29, 1.82) is 0 Å². The molecule has 200 valence electrons. The van der Waals surface area contributed by atoms with Crippen molar-refractivity contribution < 1.29 is 14.3 Å². The van der Waals surface area contributed by atoms with Gasteiger partial charge in [-0.25, -0.2) is 24.3 Å². The lowest BCUT2D eigenvalue weighted by molar-refractivity contribution is 0.0604. The third-order valence-electron chi connectivity index (χ3n) is 5.24. The van der Waals surface area contributed by atoms with Gasteiger partial charge in [-0.05, 0) is 12.1 Å². The molecule has 0 amide bonds. The normalized spacial score (nSPS) is 10.2. The number of carbonyl (C=O) groups excluding carboxylic acids is 1. The zero-order chi connectivity index (χ0) is 27.8. The first kappa shape index (κ1) is 27.8. The predicted octanol–water partition coefficient (Wildman–Crippen LogP) is 4.52. The van der Waals surface area contributed by atoms with E-state index < -0.39 is 5.97 Å². The van der Waals surface area contributed by atoms with Gasteiger partial charge in [-0.3, -0.25) is 4.68 Å². The number of imidazole rings is 1. The van der Waals surface area contributed by atoms with Crippen LogP contribution in [0, 0.1) is 0 Å². The molecule has 0 bridgehead atoms. The first-order chi connectivity index (χ1) is 18.5. The van der Waals surface area contributed by atoms with Crippen molar-refractivity contribution in [2.24, 2.45) is 14.1 Å². The van der Waals surface area contributed by atoms with Gasteiger partial charge in [0, 0.05) is 56.7 Å². The summed E-state index contributed by atoms with van der Waals surface area (Å²) in [5.41, 5.74) is 1.84. The van der Waals surface area contributed by atoms with Crippen molar-refractivity contribution >= 4 is 23.1 Å². The van der Waals surface area contributed by atoms with Crippen LogP contribution >= 0.6 is 0 Å². The highest BCUT2D eigenvalue weighted by Gasteiger charge is 2.26. The summed E-state index contributed by atoms with van der Waals surface area (Å²) in [6, 6.07) is 5.26. The molecule has 0 radical (unpaired) electrons. The van der Waals surface area contributed by atoms with Crippen molar-refractivity contribution in [2.45, 2.75) is 27.7 Å². The molecule has 0 aromatic carbocycles. The second-order valence-corrected chi connectivity index (χ2v) is 7.43. The average Bonchev–Trinajstić information content (AvgIpc) is 3.68. The highest BCUT2D eigenvalue weighted by molar-refractivity contribution is 6.07. The third-order valence-corrected chi connectivity index (χ3v) is 5.24. The number of pyridine rings is 1. The summed E-state index contributed by atoms with van der Waals surface area (Å²) < 4.78 is 15.5. The molecule has 0 aliphatic carbocycles. The number of nitrogens with one attached hydrogen (secondary N) is 1. The maximum absolute atomic E-state index is 13.0. The van der Waals surface area contributed by atoms with Crippen molar-refractivity contribution in [1.82, 2.24) is 38.9 Å². The van der Waals surface area contributed by atoms with Gasteiger partial charge < -0.3 is 19.4 Å². The Kier molecular flexibility index (Phi) is 9.14. The van der Waals surface area contributed by atoms with E-state index in [9.17, 15) is 4.79 Å². The lowest BCUT2D eigenvalue weighted by Crippen LogP contribution is -2.09. The molecule has 1 N–H and O–H groups in total. The van der Waals surface area contributed by atoms with Crippen LogP contribution in [0.25, 0.3) is 28.4 Å². The Morgan fingerprint density at radius 2 is 1.74 bits per heavy atom. The molecule has 0 fully saturated rings. The van der Waals surface area contributed by atoms with Gasteiger partial charge in [-0.15, -0.1) is 5.10 Å². The SMILES string of the molecule is CC.CC.COC(=O)c1c(-c2ccn(C)n2)cn2nc(-c3nccn3C)nc(Nc3cc(OC)ccn3)c12. The topological polar surface area (TPSA) is 126 Å². The number of methoxy groups -OCH3 is 2. The molecule has 12 heteroatoms. The summed E-state index contributed by atoms with van der Waals surface area (Å²) in [4.78, 5) is 26.4. The average molecular weight is 520 g/mol. The van der Waals surface area contributed by atoms with E-state index in [-0.39, 0.29) is 5.56 Å². The minimum atomic E-state index is -0.543. The van der Waals surface area contributed by atoms with Gasteiger partial charge in [0.2, 0.25) is 5.82 Å². The molecule has 0 spiro atoms. The Hall–Kier alpha value is -4.74. The molecule has 38 heavy (non-hydrogen) atoms. The molecule has 5 aromatic heterocycles. The van der Waals surface area contributed by atoms with Gasteiger partial charge >= 0.3 is 5.97 Å². The molecule has 0 unspecified atom stereocenters. The first-order valence-electron chi connectivity index (χ1n) is 12.2. The second kappa shape index (κ2) is 12.5. The predicted molar refractivity (Wildman–Crippen MR) is 145 cm³/mol. The fourth-order valence-electron chi connectivity index (χ4n) is 3.63. The quantitative estimate of drug-likeness (QED) is 0.322. The van der Waals surface area contributed by atoms with Crippen LogP contribution in [0.3, 0.4) is 0 Å². The van der Waals surface area contributed by atoms with Gasteiger partial charge in [0.15, 0.2) is 11.6 Å². The number of aryl methyl sites for hydroxylation is 2. The number of hydrogen-bond acceptors (Lipinski definition) is 9. The summed E-state index contributed by atoms with van der Waals surface area (Å²) in [6.07, 6.45) is 8.59. The van der Waals surface area contributed by atoms with Gasteiger partial charge in [-0.1, -0.05) is 27.7 Å². The first-order valence-corrected chi connectivity index (χ1v) is 12.2. The van der Waals surface area contributed by atoms with E-state index in [1.54, 1.807) is 71.0 Å². The van der Waals surface area contributed by atoms with Crippen molar-refractivity contribution in [3.05, 3.63) is 54.7 Å². The van der Waals surface area contributed by atoms with E-state index in [1.165, 1.54) is 7.11 Å². The Morgan fingerprint density at radius 1 is 0.974 bits per heavy atom. The zero-order valence-electron chi connectivity index (χ0n) is 22.9. The Balaban J connectivity index is 0.000000956. The molecule has 0 aliphatic rings. The number of ether oxygens (including phenoxy) is 2. The molecular weight excluding hydrogens is 486 g/mol. The molecule has 0 aliphatic heterocycles. The lowest BCUT2D eigenvalue weighted by atomic mass is 10.1. The van der Waals surface area contributed by atoms with Gasteiger partial charge in [0.25, 0.3) is 0 Å². The Bertz CT molecular complexity index is 1520. The number of rotatable bonds is 6. The smallest absolute Gasteiger partial charge is 0.340 e. The molecule has 5 rings (SSSR count). The lowest BCUT2D eigenvalue weighted by Gasteiger charge is -2.11. The van der Waals surface area contributed by atoms with Crippen LogP contribution in [0.5, 0.6) is 5.75 Å². The van der Waals surface area contributed by atoms with Gasteiger partial charge in [-0.2, -0.15) is 5.10 Å². The van der Waals surface area contributed by atoms with Crippen LogP contribution in [0.15, 0.2) is 49.2 Å². The standard InChI is InChI=1S/C22H21N9O3.2C2H6/c1-29-10-8-24-21(29)20-26-19(25-16-11-13(33-3)5-7-23-16)18-17(22(32)34-4)14(12-31(18)28-20)15-6-9-30(2)27-15;2*1-2/h5-12H,1-4H3,(H,23,25,26,28);2*1-2H3. The van der Waals surface area contributed by atoms with E-state index in [2.05, 4.69) is 25.5 Å². The number of hydrogen-bond donors (Lipinski definition) is 1. The summed E-state index contributed by atoms with van der Waals surface area (Å²) in [7, 11) is 6.55. The molecule has 5 aromatic rings. The molecule has 5 heterocycles. The number of anilines is 2. The number of carbonyl (C=O) groups is 1. The van der Waals surface area contributed by atoms with E-state index in [1.807, 2.05) is 40.8 Å². The monoisotopic (exact) mass is 519 g/mol. The van der Waals surface area contributed by atoms with Crippen molar-refractivity contribution in [3.63, 3.8) is 0 Å². The maximum atomic E-state index is 13.0. The van der Waals surface area contributed by atoms with Crippen LogP contribution in [0.1, 0.15) is 38.1 Å². The molecule has 0 atom stereocenters. The number of nitrogens with zero attached hydrogens (tertiary/aromatic N) is 8. The largest absolute Gasteiger partial charge is 0.497 e.